The molecule has 0 aliphatic carbocycles. The lowest BCUT2D eigenvalue weighted by molar-refractivity contribution is 0.0950. The molecule has 27 heavy (non-hydrogen) atoms. The molecule has 8 heteroatoms. The summed E-state index contributed by atoms with van der Waals surface area (Å²) in [5.74, 6) is 0.447. The topological polar surface area (TPSA) is 109 Å². The number of amides is 1. The Bertz CT molecular complexity index is 981. The molecule has 0 radical (unpaired) electrons. The molecular formula is C19H18N4O4. The van der Waals surface area contributed by atoms with Crippen molar-refractivity contribution < 1.29 is 19.4 Å². The van der Waals surface area contributed by atoms with Crippen LogP contribution >= 0.6 is 0 Å². The van der Waals surface area contributed by atoms with E-state index in [1.165, 1.54) is 13.3 Å². The zero-order valence-electron chi connectivity index (χ0n) is 14.8. The number of hydrazone groups is 1. The lowest BCUT2D eigenvalue weighted by atomic mass is 10.1. The highest BCUT2D eigenvalue weighted by Crippen LogP contribution is 2.29. The molecule has 138 valence electrons. The Balaban J connectivity index is 1.72. The number of nitrogens with one attached hydrogen (secondary N) is 2. The molecule has 0 unspecified atom stereocenters. The van der Waals surface area contributed by atoms with E-state index in [2.05, 4.69) is 20.7 Å². The van der Waals surface area contributed by atoms with Gasteiger partial charge in [-0.05, 0) is 30.3 Å². The molecule has 0 atom stereocenters. The fourth-order valence-corrected chi connectivity index (χ4v) is 2.46. The van der Waals surface area contributed by atoms with Crippen molar-refractivity contribution in [2.45, 2.75) is 0 Å². The number of rotatable bonds is 6. The minimum absolute atomic E-state index is 0.0574. The zero-order valence-corrected chi connectivity index (χ0v) is 14.8. The summed E-state index contributed by atoms with van der Waals surface area (Å²) in [4.78, 5) is 12.2. The SMILES string of the molecule is COc1ccccc1-c1cc(C(=O)N/N=C\c2cccc(OC)c2O)[nH]n1. The fraction of sp³-hybridized carbons (Fsp3) is 0.105. The predicted molar refractivity (Wildman–Crippen MR) is 100 cm³/mol. The minimum atomic E-state index is -0.470. The van der Waals surface area contributed by atoms with E-state index in [1.54, 1.807) is 31.4 Å². The Morgan fingerprint density at radius 3 is 2.67 bits per heavy atom. The van der Waals surface area contributed by atoms with Crippen LogP contribution < -0.4 is 14.9 Å². The largest absolute Gasteiger partial charge is 0.504 e. The van der Waals surface area contributed by atoms with Crippen LogP contribution in [0.15, 0.2) is 53.6 Å². The molecule has 3 N–H and O–H groups in total. The van der Waals surface area contributed by atoms with Gasteiger partial charge in [0, 0.05) is 11.1 Å². The standard InChI is InChI=1S/C19H18N4O4/c1-26-16-8-4-3-7-13(16)14-10-15(22-21-14)19(25)23-20-11-12-6-5-9-17(27-2)18(12)24/h3-11,24H,1-2H3,(H,21,22)(H,23,25)/b20-11-. The smallest absolute Gasteiger partial charge is 0.289 e. The van der Waals surface area contributed by atoms with Gasteiger partial charge in [0.15, 0.2) is 11.5 Å². The molecule has 0 aliphatic rings. The first-order valence-electron chi connectivity index (χ1n) is 8.02. The highest BCUT2D eigenvalue weighted by Gasteiger charge is 2.13. The van der Waals surface area contributed by atoms with Gasteiger partial charge in [-0.15, -0.1) is 0 Å². The molecular weight excluding hydrogens is 348 g/mol. The third kappa shape index (κ3) is 3.90. The molecule has 2 aromatic carbocycles. The normalized spacial score (nSPS) is 10.7. The average Bonchev–Trinajstić information content (AvgIpc) is 3.19. The van der Waals surface area contributed by atoms with Crippen molar-refractivity contribution >= 4 is 12.1 Å². The number of carbonyl (C=O) groups excluding carboxylic acids is 1. The molecule has 3 rings (SSSR count). The van der Waals surface area contributed by atoms with Crippen molar-refractivity contribution in [3.8, 4) is 28.5 Å². The summed E-state index contributed by atoms with van der Waals surface area (Å²) < 4.78 is 10.3. The second kappa shape index (κ2) is 8.05. The number of phenols is 1. The van der Waals surface area contributed by atoms with Crippen LogP contribution in [-0.2, 0) is 0 Å². The first kappa shape index (κ1) is 18.0. The number of benzene rings is 2. The van der Waals surface area contributed by atoms with E-state index in [1.807, 2.05) is 24.3 Å². The molecule has 3 aromatic rings. The molecule has 0 spiro atoms. The molecule has 1 amide bonds. The van der Waals surface area contributed by atoms with Gasteiger partial charge in [-0.25, -0.2) is 5.43 Å². The predicted octanol–water partition coefficient (Wildman–Crippen LogP) is 2.56. The number of hydrogen-bond acceptors (Lipinski definition) is 6. The summed E-state index contributed by atoms with van der Waals surface area (Å²) in [5, 5.41) is 20.7. The van der Waals surface area contributed by atoms with Crippen LogP contribution in [0.5, 0.6) is 17.2 Å². The molecule has 1 aromatic heterocycles. The number of aromatic nitrogens is 2. The second-order valence-corrected chi connectivity index (χ2v) is 5.46. The van der Waals surface area contributed by atoms with Crippen molar-refractivity contribution in [3.63, 3.8) is 0 Å². The first-order valence-corrected chi connectivity index (χ1v) is 8.02. The van der Waals surface area contributed by atoms with Crippen molar-refractivity contribution in [2.24, 2.45) is 5.10 Å². The number of hydrogen-bond donors (Lipinski definition) is 3. The molecule has 0 fully saturated rings. The first-order chi connectivity index (χ1) is 13.1. The van der Waals surface area contributed by atoms with Crippen molar-refractivity contribution in [3.05, 3.63) is 59.8 Å². The van der Waals surface area contributed by atoms with Crippen LogP contribution in [0, 0.1) is 0 Å². The maximum Gasteiger partial charge on any atom is 0.289 e. The van der Waals surface area contributed by atoms with Gasteiger partial charge < -0.3 is 14.6 Å². The maximum absolute atomic E-state index is 12.2. The monoisotopic (exact) mass is 366 g/mol. The van der Waals surface area contributed by atoms with E-state index in [-0.39, 0.29) is 11.4 Å². The third-order valence-corrected chi connectivity index (χ3v) is 3.83. The van der Waals surface area contributed by atoms with Gasteiger partial charge >= 0.3 is 0 Å². The van der Waals surface area contributed by atoms with E-state index in [4.69, 9.17) is 9.47 Å². The Morgan fingerprint density at radius 2 is 1.89 bits per heavy atom. The Kier molecular flexibility index (Phi) is 5.36. The van der Waals surface area contributed by atoms with Gasteiger partial charge in [-0.1, -0.05) is 18.2 Å². The van der Waals surface area contributed by atoms with Crippen LogP contribution in [0.3, 0.4) is 0 Å². The van der Waals surface area contributed by atoms with Crippen molar-refractivity contribution in [1.29, 1.82) is 0 Å². The lowest BCUT2D eigenvalue weighted by Gasteiger charge is -2.04. The number of ether oxygens (including phenoxy) is 2. The molecule has 1 heterocycles. The van der Waals surface area contributed by atoms with E-state index in [9.17, 15) is 9.90 Å². The molecule has 0 aliphatic heterocycles. The van der Waals surface area contributed by atoms with Gasteiger partial charge in [0.25, 0.3) is 5.91 Å². The summed E-state index contributed by atoms with van der Waals surface area (Å²) in [6.45, 7) is 0. The maximum atomic E-state index is 12.2. The summed E-state index contributed by atoms with van der Waals surface area (Å²) in [5.41, 5.74) is 4.37. The van der Waals surface area contributed by atoms with Gasteiger partial charge in [0.1, 0.15) is 11.4 Å². The number of carbonyl (C=O) groups is 1. The Hall–Kier alpha value is -3.81. The quantitative estimate of drug-likeness (QED) is 0.459. The average molecular weight is 366 g/mol. The number of phenolic OH excluding ortho intramolecular Hbond substituents is 1. The van der Waals surface area contributed by atoms with Crippen LogP contribution in [0.25, 0.3) is 11.3 Å². The summed E-state index contributed by atoms with van der Waals surface area (Å²) >= 11 is 0. The van der Waals surface area contributed by atoms with Crippen LogP contribution in [-0.4, -0.2) is 41.6 Å². The molecule has 0 saturated heterocycles. The summed E-state index contributed by atoms with van der Waals surface area (Å²) in [6, 6.07) is 13.9. The van der Waals surface area contributed by atoms with Crippen molar-refractivity contribution in [1.82, 2.24) is 15.6 Å². The zero-order chi connectivity index (χ0) is 19.2. The van der Waals surface area contributed by atoms with Crippen molar-refractivity contribution in [2.75, 3.05) is 14.2 Å². The summed E-state index contributed by atoms with van der Waals surface area (Å²) in [6.07, 6.45) is 1.33. The van der Waals surface area contributed by atoms with Gasteiger partial charge in [0.2, 0.25) is 0 Å². The lowest BCUT2D eigenvalue weighted by Crippen LogP contribution is -2.18. The van der Waals surface area contributed by atoms with E-state index < -0.39 is 5.91 Å². The molecule has 0 bridgehead atoms. The Morgan fingerprint density at radius 1 is 1.15 bits per heavy atom. The minimum Gasteiger partial charge on any atom is -0.504 e. The summed E-state index contributed by atoms with van der Waals surface area (Å²) in [7, 11) is 3.02. The van der Waals surface area contributed by atoms with E-state index >= 15 is 0 Å². The number of methoxy groups -OCH3 is 2. The van der Waals surface area contributed by atoms with Crippen LogP contribution in [0.2, 0.25) is 0 Å². The number of nitrogens with zero attached hydrogens (tertiary/aromatic N) is 2. The number of para-hydroxylation sites is 2. The number of H-pyrrole nitrogens is 1. The van der Waals surface area contributed by atoms with Crippen LogP contribution in [0.1, 0.15) is 16.1 Å². The fourth-order valence-electron chi connectivity index (χ4n) is 2.46. The highest BCUT2D eigenvalue weighted by atomic mass is 16.5. The molecule has 8 nitrogen and oxygen atoms in total. The second-order valence-electron chi connectivity index (χ2n) is 5.46. The van der Waals surface area contributed by atoms with E-state index in [0.717, 1.165) is 5.56 Å². The molecule has 0 saturated carbocycles. The van der Waals surface area contributed by atoms with Gasteiger partial charge in [-0.3, -0.25) is 9.89 Å². The van der Waals surface area contributed by atoms with Gasteiger partial charge in [0.05, 0.1) is 26.1 Å². The van der Waals surface area contributed by atoms with Gasteiger partial charge in [-0.2, -0.15) is 10.2 Å². The highest BCUT2D eigenvalue weighted by molar-refractivity contribution is 5.94. The number of aromatic hydroxyl groups is 1. The number of aromatic amines is 1. The Labute approximate surface area is 155 Å². The van der Waals surface area contributed by atoms with E-state index in [0.29, 0.717) is 22.8 Å². The third-order valence-electron chi connectivity index (χ3n) is 3.83. The van der Waals surface area contributed by atoms with Crippen LogP contribution in [0.4, 0.5) is 0 Å².